The van der Waals surface area contributed by atoms with Crippen LogP contribution in [0.25, 0.3) is 0 Å². The van der Waals surface area contributed by atoms with Crippen LogP contribution in [0, 0.1) is 0 Å². The van der Waals surface area contributed by atoms with Gasteiger partial charge in [-0.05, 0) is 60.4 Å². The SMILES string of the molecule is COc1ccc(CCO[Si](C)(C)C(C)(C)C)cc1C1(O)C(=O)Nc2ccc(Cl)cc21. The van der Waals surface area contributed by atoms with Crippen molar-refractivity contribution in [3.05, 3.63) is 58.1 Å². The van der Waals surface area contributed by atoms with Crippen molar-refractivity contribution in [2.45, 2.75) is 50.9 Å². The molecule has 1 aliphatic heterocycles. The Morgan fingerprint density at radius 2 is 1.83 bits per heavy atom. The molecule has 1 unspecified atom stereocenters. The Bertz CT molecular complexity index is 970. The van der Waals surface area contributed by atoms with Gasteiger partial charge in [0.2, 0.25) is 0 Å². The van der Waals surface area contributed by atoms with Gasteiger partial charge in [0.1, 0.15) is 5.75 Å². The van der Waals surface area contributed by atoms with Crippen molar-refractivity contribution >= 4 is 31.5 Å². The molecule has 1 atom stereocenters. The van der Waals surface area contributed by atoms with Gasteiger partial charge in [-0.1, -0.05) is 38.4 Å². The van der Waals surface area contributed by atoms with E-state index in [2.05, 4.69) is 39.2 Å². The van der Waals surface area contributed by atoms with Gasteiger partial charge in [0.25, 0.3) is 5.91 Å². The lowest BCUT2D eigenvalue weighted by Crippen LogP contribution is -2.41. The molecule has 0 saturated carbocycles. The first-order valence-electron chi connectivity index (χ1n) is 10.1. The third-order valence-electron chi connectivity index (χ3n) is 6.26. The lowest BCUT2D eigenvalue weighted by Gasteiger charge is -2.36. The highest BCUT2D eigenvalue weighted by atomic mass is 35.5. The number of methoxy groups -OCH3 is 1. The number of hydrogen-bond donors (Lipinski definition) is 2. The first-order chi connectivity index (χ1) is 13.9. The number of rotatable bonds is 6. The van der Waals surface area contributed by atoms with Gasteiger partial charge < -0.3 is 19.6 Å². The lowest BCUT2D eigenvalue weighted by molar-refractivity contribution is -0.129. The standard InChI is InChI=1S/C23H30ClNO4Si/c1-22(2,3)30(5,6)29-12-11-15-7-10-20(28-4)18(13-15)23(27)17-14-16(24)8-9-19(17)25-21(23)26/h7-10,13-14,27H,11-12H2,1-6H3,(H,25,26). The van der Waals surface area contributed by atoms with Crippen molar-refractivity contribution in [3.63, 3.8) is 0 Å². The monoisotopic (exact) mass is 447 g/mol. The maximum atomic E-state index is 12.8. The van der Waals surface area contributed by atoms with Crippen molar-refractivity contribution in [3.8, 4) is 5.75 Å². The van der Waals surface area contributed by atoms with Gasteiger partial charge in [-0.2, -0.15) is 0 Å². The number of nitrogens with one attached hydrogen (secondary N) is 1. The van der Waals surface area contributed by atoms with Gasteiger partial charge in [0.15, 0.2) is 13.9 Å². The topological polar surface area (TPSA) is 67.8 Å². The summed E-state index contributed by atoms with van der Waals surface area (Å²) >= 11 is 6.14. The summed E-state index contributed by atoms with van der Waals surface area (Å²) in [4.78, 5) is 12.8. The number of carbonyl (C=O) groups is 1. The number of fused-ring (bicyclic) bond motifs is 1. The molecule has 0 aliphatic carbocycles. The molecular weight excluding hydrogens is 418 g/mol. The predicted molar refractivity (Wildman–Crippen MR) is 123 cm³/mol. The maximum Gasteiger partial charge on any atom is 0.266 e. The quantitative estimate of drug-likeness (QED) is 0.604. The van der Waals surface area contributed by atoms with Gasteiger partial charge >= 0.3 is 0 Å². The van der Waals surface area contributed by atoms with E-state index >= 15 is 0 Å². The molecular formula is C23H30ClNO4Si. The molecule has 0 saturated heterocycles. The largest absolute Gasteiger partial charge is 0.496 e. The summed E-state index contributed by atoms with van der Waals surface area (Å²) in [6, 6.07) is 10.5. The fourth-order valence-corrected chi connectivity index (χ4v) is 4.58. The number of amides is 1. The molecule has 3 rings (SSSR count). The number of anilines is 1. The molecule has 2 N–H and O–H groups in total. The first-order valence-corrected chi connectivity index (χ1v) is 13.3. The lowest BCUT2D eigenvalue weighted by atomic mass is 9.85. The van der Waals surface area contributed by atoms with E-state index in [1.807, 2.05) is 12.1 Å². The molecule has 162 valence electrons. The number of ether oxygens (including phenoxy) is 1. The second-order valence-electron chi connectivity index (χ2n) is 9.25. The molecule has 2 aromatic rings. The summed E-state index contributed by atoms with van der Waals surface area (Å²) in [6.45, 7) is 11.7. The van der Waals surface area contributed by atoms with E-state index in [-0.39, 0.29) is 5.04 Å². The molecule has 1 amide bonds. The van der Waals surface area contributed by atoms with E-state index in [0.717, 1.165) is 5.56 Å². The van der Waals surface area contributed by atoms with E-state index in [9.17, 15) is 9.90 Å². The van der Waals surface area contributed by atoms with Crippen molar-refractivity contribution < 1.29 is 19.1 Å². The van der Waals surface area contributed by atoms with E-state index in [4.69, 9.17) is 20.8 Å². The number of hydrogen-bond acceptors (Lipinski definition) is 4. The van der Waals surface area contributed by atoms with Crippen LogP contribution in [-0.4, -0.2) is 33.0 Å². The number of aliphatic hydroxyl groups is 1. The molecule has 1 aliphatic rings. The summed E-state index contributed by atoms with van der Waals surface area (Å²) in [5.41, 5.74) is 0.449. The van der Waals surface area contributed by atoms with Crippen molar-refractivity contribution in [1.82, 2.24) is 0 Å². The zero-order valence-electron chi connectivity index (χ0n) is 18.4. The van der Waals surface area contributed by atoms with Crippen molar-refractivity contribution in [1.29, 1.82) is 0 Å². The second-order valence-corrected chi connectivity index (χ2v) is 14.5. The Labute approximate surface area is 184 Å². The third-order valence-corrected chi connectivity index (χ3v) is 11.0. The van der Waals surface area contributed by atoms with E-state index in [1.54, 1.807) is 24.3 Å². The summed E-state index contributed by atoms with van der Waals surface area (Å²) in [5.74, 6) is -0.0812. The molecule has 0 bridgehead atoms. The van der Waals surface area contributed by atoms with Crippen molar-refractivity contribution in [2.24, 2.45) is 0 Å². The van der Waals surface area contributed by atoms with Gasteiger partial charge in [0, 0.05) is 28.4 Å². The van der Waals surface area contributed by atoms with Gasteiger partial charge in [-0.15, -0.1) is 0 Å². The van der Waals surface area contributed by atoms with Gasteiger partial charge in [0.05, 0.1) is 7.11 Å². The van der Waals surface area contributed by atoms with Crippen LogP contribution in [-0.2, 0) is 21.2 Å². The Morgan fingerprint density at radius 3 is 2.47 bits per heavy atom. The molecule has 0 spiro atoms. The normalized spacial score (nSPS) is 18.9. The molecule has 7 heteroatoms. The van der Waals surface area contributed by atoms with Crippen LogP contribution in [0.4, 0.5) is 5.69 Å². The second kappa shape index (κ2) is 8.00. The van der Waals surface area contributed by atoms with Gasteiger partial charge in [-0.25, -0.2) is 0 Å². The predicted octanol–water partition coefficient (Wildman–Crippen LogP) is 5.10. The van der Waals surface area contributed by atoms with Crippen LogP contribution in [0.1, 0.15) is 37.5 Å². The highest BCUT2D eigenvalue weighted by Gasteiger charge is 2.48. The van der Waals surface area contributed by atoms with Crippen LogP contribution in [0.2, 0.25) is 23.2 Å². The Balaban J connectivity index is 1.93. The van der Waals surface area contributed by atoms with Crippen LogP contribution in [0.15, 0.2) is 36.4 Å². The fraction of sp³-hybridized carbons (Fsp3) is 0.435. The summed E-state index contributed by atoms with van der Waals surface area (Å²) in [7, 11) is -0.326. The number of carbonyl (C=O) groups excluding carboxylic acids is 1. The van der Waals surface area contributed by atoms with E-state index < -0.39 is 19.8 Å². The smallest absolute Gasteiger partial charge is 0.266 e. The Kier molecular flexibility index (Phi) is 6.08. The highest BCUT2D eigenvalue weighted by Crippen LogP contribution is 2.45. The first kappa shape index (κ1) is 22.8. The van der Waals surface area contributed by atoms with E-state index in [0.29, 0.717) is 40.6 Å². The molecule has 5 nitrogen and oxygen atoms in total. The van der Waals surface area contributed by atoms with Crippen LogP contribution < -0.4 is 10.1 Å². The molecule has 1 heterocycles. The summed E-state index contributed by atoms with van der Waals surface area (Å²) < 4.78 is 11.8. The van der Waals surface area contributed by atoms with Crippen LogP contribution in [0.3, 0.4) is 0 Å². The van der Waals surface area contributed by atoms with Gasteiger partial charge in [-0.3, -0.25) is 4.79 Å². The number of benzene rings is 2. The highest BCUT2D eigenvalue weighted by molar-refractivity contribution is 6.74. The minimum Gasteiger partial charge on any atom is -0.496 e. The van der Waals surface area contributed by atoms with Crippen molar-refractivity contribution in [2.75, 3.05) is 19.0 Å². The Hall–Kier alpha value is -1.86. The van der Waals surface area contributed by atoms with Crippen LogP contribution >= 0.6 is 11.6 Å². The molecule has 0 radical (unpaired) electrons. The molecule has 30 heavy (non-hydrogen) atoms. The third kappa shape index (κ3) is 4.01. The minimum atomic E-state index is -1.87. The average molecular weight is 448 g/mol. The average Bonchev–Trinajstić information content (AvgIpc) is 2.92. The molecule has 0 aromatic heterocycles. The zero-order chi connectivity index (χ0) is 22.3. The summed E-state index contributed by atoms with van der Waals surface area (Å²) in [6.07, 6.45) is 0.670. The summed E-state index contributed by atoms with van der Waals surface area (Å²) in [5, 5.41) is 14.9. The minimum absolute atomic E-state index is 0.137. The van der Waals surface area contributed by atoms with E-state index in [1.165, 1.54) is 7.11 Å². The maximum absolute atomic E-state index is 12.8. The molecule has 0 fully saturated rings. The van der Waals surface area contributed by atoms with Crippen LogP contribution in [0.5, 0.6) is 5.75 Å². The number of halogens is 1. The fourth-order valence-electron chi connectivity index (χ4n) is 3.36. The molecule has 2 aromatic carbocycles. The zero-order valence-corrected chi connectivity index (χ0v) is 20.2. The Morgan fingerprint density at radius 1 is 1.13 bits per heavy atom.